The third kappa shape index (κ3) is 7.83. The van der Waals surface area contributed by atoms with Crippen molar-refractivity contribution in [2.24, 2.45) is 0 Å². The highest BCUT2D eigenvalue weighted by Crippen LogP contribution is 1.83. The highest BCUT2D eigenvalue weighted by atomic mass is 32.2. The van der Waals surface area contributed by atoms with E-state index in [1.54, 1.807) is 0 Å². The predicted molar refractivity (Wildman–Crippen MR) is 30.9 cm³/mol. The Balaban J connectivity index is 4.07. The zero-order valence-electron chi connectivity index (χ0n) is 5.58. The average Bonchev–Trinajstić information content (AvgIpc) is 1.14. The Morgan fingerprint density at radius 3 is 1.67 bits per heavy atom. The molecule has 0 aliphatic rings. The summed E-state index contributed by atoms with van der Waals surface area (Å²) >= 11 is 0. The van der Waals surface area contributed by atoms with Crippen molar-refractivity contribution in [2.75, 3.05) is 21.1 Å². The fraction of sp³-hybridized carbons (Fsp3) is 1.00. The van der Waals surface area contributed by atoms with E-state index in [2.05, 4.69) is 0 Å². The molecular formula is C3H10N2O3S. The molecule has 0 aliphatic heterocycles. The maximum absolute atomic E-state index is 9.96. The molecule has 0 heterocycles. The molecule has 0 saturated carbocycles. The molecule has 0 aromatic rings. The molecule has 0 bridgehead atoms. The van der Waals surface area contributed by atoms with E-state index in [4.69, 9.17) is 0 Å². The van der Waals surface area contributed by atoms with E-state index in [0.29, 0.717) is 0 Å². The van der Waals surface area contributed by atoms with Crippen molar-refractivity contribution in [3.05, 3.63) is 0 Å². The van der Waals surface area contributed by atoms with Crippen LogP contribution in [0.25, 0.3) is 0 Å². The van der Waals surface area contributed by atoms with Gasteiger partial charge in [-0.1, -0.05) is 4.83 Å². The minimum absolute atomic E-state index is 0.0914. The second kappa shape index (κ2) is 2.22. The molecule has 0 atom stereocenters. The van der Waals surface area contributed by atoms with Crippen LogP contribution in [0.5, 0.6) is 0 Å². The summed E-state index contributed by atoms with van der Waals surface area (Å²) in [6.45, 7) is 0. The molecule has 0 saturated heterocycles. The van der Waals surface area contributed by atoms with Gasteiger partial charge in [-0.15, -0.1) is 0 Å². The van der Waals surface area contributed by atoms with Gasteiger partial charge in [0.05, 0.1) is 21.1 Å². The molecule has 0 spiro atoms. The molecule has 0 unspecified atom stereocenters. The summed E-state index contributed by atoms with van der Waals surface area (Å²) < 4.78 is 29.8. The number of hydrogen-bond acceptors (Lipinski definition) is 3. The largest absolute Gasteiger partial charge is 0.732 e. The SMILES string of the molecule is C[N+](C)(C)NS(=O)(=O)[O-]. The van der Waals surface area contributed by atoms with E-state index in [-0.39, 0.29) is 4.59 Å². The fourth-order valence-corrected chi connectivity index (χ4v) is 1.01. The van der Waals surface area contributed by atoms with Crippen LogP contribution >= 0.6 is 0 Å². The minimum atomic E-state index is -4.31. The Bertz CT molecular complexity index is 178. The first-order valence-corrected chi connectivity index (χ1v) is 3.68. The summed E-state index contributed by atoms with van der Waals surface area (Å²) in [5.41, 5.74) is 0. The van der Waals surface area contributed by atoms with Gasteiger partial charge in [0.2, 0.25) is 10.3 Å². The predicted octanol–water partition coefficient (Wildman–Crippen LogP) is -1.34. The lowest BCUT2D eigenvalue weighted by molar-refractivity contribution is -0.901. The van der Waals surface area contributed by atoms with Crippen molar-refractivity contribution >= 4 is 10.3 Å². The van der Waals surface area contributed by atoms with Gasteiger partial charge in [0.1, 0.15) is 0 Å². The Morgan fingerprint density at radius 2 is 1.67 bits per heavy atom. The van der Waals surface area contributed by atoms with Crippen molar-refractivity contribution in [3.63, 3.8) is 0 Å². The molecule has 0 rings (SSSR count). The van der Waals surface area contributed by atoms with E-state index < -0.39 is 10.3 Å². The maximum atomic E-state index is 9.96. The molecule has 56 valence electrons. The van der Waals surface area contributed by atoms with Crippen molar-refractivity contribution in [1.29, 1.82) is 0 Å². The van der Waals surface area contributed by atoms with Gasteiger partial charge >= 0.3 is 0 Å². The van der Waals surface area contributed by atoms with Gasteiger partial charge in [0.25, 0.3) is 0 Å². The van der Waals surface area contributed by atoms with Gasteiger partial charge in [-0.05, 0) is 0 Å². The van der Waals surface area contributed by atoms with Crippen molar-refractivity contribution in [2.45, 2.75) is 0 Å². The van der Waals surface area contributed by atoms with E-state index in [1.807, 2.05) is 4.83 Å². The van der Waals surface area contributed by atoms with Crippen LogP contribution in [0.2, 0.25) is 0 Å². The van der Waals surface area contributed by atoms with Gasteiger partial charge < -0.3 is 4.55 Å². The van der Waals surface area contributed by atoms with E-state index in [1.165, 1.54) is 21.1 Å². The molecule has 0 aromatic heterocycles. The third-order valence-corrected chi connectivity index (χ3v) is 1.16. The topological polar surface area (TPSA) is 69.2 Å². The number of nitrogens with zero attached hydrogens (tertiary/aromatic N) is 1. The van der Waals surface area contributed by atoms with Crippen molar-refractivity contribution in [1.82, 2.24) is 4.83 Å². The standard InChI is InChI=1S/C3H10N2O3S/c1-5(2,3)4-9(6,7)8/h4H,1-3H3. The highest BCUT2D eigenvalue weighted by molar-refractivity contribution is 7.83. The van der Waals surface area contributed by atoms with E-state index >= 15 is 0 Å². The average molecular weight is 154 g/mol. The molecule has 6 heteroatoms. The molecule has 0 aliphatic carbocycles. The van der Waals surface area contributed by atoms with Crippen LogP contribution in [-0.2, 0) is 10.3 Å². The van der Waals surface area contributed by atoms with Gasteiger partial charge in [-0.2, -0.15) is 0 Å². The number of quaternary nitrogens is 1. The monoisotopic (exact) mass is 154 g/mol. The highest BCUT2D eigenvalue weighted by Gasteiger charge is 2.08. The zero-order chi connectivity index (χ0) is 7.71. The first-order chi connectivity index (χ1) is 3.71. The summed E-state index contributed by atoms with van der Waals surface area (Å²) in [5, 5.41) is 0. The summed E-state index contributed by atoms with van der Waals surface area (Å²) in [6, 6.07) is 0. The number of hydrogen-bond donors (Lipinski definition) is 1. The molecule has 0 fully saturated rings. The Kier molecular flexibility index (Phi) is 2.18. The minimum Gasteiger partial charge on any atom is -0.732 e. The maximum Gasteiger partial charge on any atom is 0.203 e. The molecule has 5 nitrogen and oxygen atoms in total. The van der Waals surface area contributed by atoms with Crippen LogP contribution in [0, 0.1) is 0 Å². The first-order valence-electron chi connectivity index (χ1n) is 2.27. The second-order valence-electron chi connectivity index (χ2n) is 2.56. The van der Waals surface area contributed by atoms with Crippen LogP contribution in [0.15, 0.2) is 0 Å². The first kappa shape index (κ1) is 8.83. The molecular weight excluding hydrogens is 144 g/mol. The number of rotatable bonds is 2. The van der Waals surface area contributed by atoms with Crippen molar-refractivity contribution < 1.29 is 17.6 Å². The smallest absolute Gasteiger partial charge is 0.203 e. The quantitative estimate of drug-likeness (QED) is 0.304. The van der Waals surface area contributed by atoms with Gasteiger partial charge in [0.15, 0.2) is 0 Å². The summed E-state index contributed by atoms with van der Waals surface area (Å²) in [4.78, 5) is 1.81. The molecule has 0 amide bonds. The Morgan fingerprint density at radius 1 is 1.33 bits per heavy atom. The fourth-order valence-electron chi connectivity index (χ4n) is 0.335. The Hall–Kier alpha value is -0.170. The second-order valence-corrected chi connectivity index (χ2v) is 3.65. The summed E-state index contributed by atoms with van der Waals surface area (Å²) in [5.74, 6) is 0. The summed E-state index contributed by atoms with van der Waals surface area (Å²) in [6.07, 6.45) is 0. The van der Waals surface area contributed by atoms with Gasteiger partial charge in [-0.3, -0.25) is 0 Å². The van der Waals surface area contributed by atoms with Crippen LogP contribution < -0.4 is 4.83 Å². The molecule has 0 aromatic carbocycles. The normalized spacial score (nSPS) is 13.8. The van der Waals surface area contributed by atoms with Crippen molar-refractivity contribution in [3.8, 4) is 0 Å². The lowest BCUT2D eigenvalue weighted by Gasteiger charge is -2.24. The lowest BCUT2D eigenvalue weighted by Crippen LogP contribution is -2.50. The molecule has 9 heavy (non-hydrogen) atoms. The molecule has 1 N–H and O–H groups in total. The Labute approximate surface area is 54.7 Å². The van der Waals surface area contributed by atoms with E-state index in [9.17, 15) is 13.0 Å². The number of nitrogens with one attached hydrogen (secondary N) is 1. The van der Waals surface area contributed by atoms with Gasteiger partial charge in [0, 0.05) is 0 Å². The molecule has 0 radical (unpaired) electrons. The lowest BCUT2D eigenvalue weighted by atomic mass is 10.9. The van der Waals surface area contributed by atoms with Crippen LogP contribution in [0.4, 0.5) is 0 Å². The zero-order valence-corrected chi connectivity index (χ0v) is 6.40. The summed E-state index contributed by atoms with van der Waals surface area (Å²) in [7, 11) is 0.302. The van der Waals surface area contributed by atoms with Crippen LogP contribution in [0.1, 0.15) is 0 Å². The third-order valence-electron chi connectivity index (χ3n) is 0.386. The van der Waals surface area contributed by atoms with Gasteiger partial charge in [-0.25, -0.2) is 13.0 Å². The van der Waals surface area contributed by atoms with E-state index in [0.717, 1.165) is 0 Å². The van der Waals surface area contributed by atoms with Crippen LogP contribution in [0.3, 0.4) is 0 Å². The van der Waals surface area contributed by atoms with Crippen LogP contribution in [-0.4, -0.2) is 38.7 Å².